The highest BCUT2D eigenvalue weighted by molar-refractivity contribution is 9.10. The highest BCUT2D eigenvalue weighted by atomic mass is 79.9. The lowest BCUT2D eigenvalue weighted by atomic mass is 9.88. The summed E-state index contributed by atoms with van der Waals surface area (Å²) in [6, 6.07) is 25.2. The van der Waals surface area contributed by atoms with Crippen molar-refractivity contribution in [1.29, 1.82) is 0 Å². The molecule has 0 bridgehead atoms. The second-order valence-corrected chi connectivity index (χ2v) is 9.58. The van der Waals surface area contributed by atoms with E-state index in [4.69, 9.17) is 0 Å². The van der Waals surface area contributed by atoms with Gasteiger partial charge in [0.05, 0.1) is 0 Å². The van der Waals surface area contributed by atoms with E-state index in [0.29, 0.717) is 43.6 Å². The Morgan fingerprint density at radius 2 is 1.49 bits per heavy atom. The largest absolute Gasteiger partial charge is 0.350 e. The third-order valence-electron chi connectivity index (χ3n) is 6.28. The summed E-state index contributed by atoms with van der Waals surface area (Å²) >= 11 is 3.42. The molecule has 0 spiro atoms. The van der Waals surface area contributed by atoms with Crippen molar-refractivity contribution in [1.82, 2.24) is 15.5 Å². The van der Waals surface area contributed by atoms with Crippen LogP contribution >= 0.6 is 15.9 Å². The van der Waals surface area contributed by atoms with Gasteiger partial charge in [0.25, 0.3) is 11.8 Å². The van der Waals surface area contributed by atoms with Crippen molar-refractivity contribution < 1.29 is 14.4 Å². The quantitative estimate of drug-likeness (QED) is 0.471. The molecule has 4 rings (SSSR count). The minimum absolute atomic E-state index is 0.0249. The van der Waals surface area contributed by atoms with Crippen LogP contribution in [-0.2, 0) is 11.3 Å². The number of amides is 3. The van der Waals surface area contributed by atoms with Gasteiger partial charge in [-0.05, 0) is 54.7 Å². The third kappa shape index (κ3) is 6.57. The van der Waals surface area contributed by atoms with E-state index < -0.39 is 6.04 Å². The molecule has 1 fully saturated rings. The number of hydrogen-bond donors (Lipinski definition) is 2. The van der Waals surface area contributed by atoms with Gasteiger partial charge in [-0.15, -0.1) is 0 Å². The van der Waals surface area contributed by atoms with Crippen molar-refractivity contribution in [3.05, 3.63) is 106 Å². The predicted molar refractivity (Wildman–Crippen MR) is 139 cm³/mol. The molecular weight excluding hydrogens is 506 g/mol. The number of halogens is 1. The van der Waals surface area contributed by atoms with Crippen molar-refractivity contribution in [3.63, 3.8) is 0 Å². The van der Waals surface area contributed by atoms with E-state index in [1.54, 1.807) is 30.3 Å². The molecule has 2 N–H and O–H groups in total. The van der Waals surface area contributed by atoms with Crippen molar-refractivity contribution >= 4 is 33.7 Å². The Morgan fingerprint density at radius 1 is 0.857 bits per heavy atom. The second kappa shape index (κ2) is 11.8. The first-order chi connectivity index (χ1) is 17.0. The molecule has 0 saturated carbocycles. The third-order valence-corrected chi connectivity index (χ3v) is 6.78. The summed E-state index contributed by atoms with van der Waals surface area (Å²) < 4.78 is 0.858. The molecule has 7 heteroatoms. The lowest BCUT2D eigenvalue weighted by Crippen LogP contribution is -2.53. The van der Waals surface area contributed by atoms with Gasteiger partial charge >= 0.3 is 0 Å². The van der Waals surface area contributed by atoms with E-state index in [9.17, 15) is 14.4 Å². The first-order valence-electron chi connectivity index (χ1n) is 11.7. The van der Waals surface area contributed by atoms with E-state index in [2.05, 4.69) is 26.6 Å². The monoisotopic (exact) mass is 533 g/mol. The van der Waals surface area contributed by atoms with Crippen LogP contribution in [0.1, 0.15) is 39.1 Å². The smallest absolute Gasteiger partial charge is 0.253 e. The summed E-state index contributed by atoms with van der Waals surface area (Å²) in [7, 11) is 0. The van der Waals surface area contributed by atoms with Crippen LogP contribution in [0.4, 0.5) is 0 Å². The van der Waals surface area contributed by atoms with E-state index in [1.807, 2.05) is 59.5 Å². The second-order valence-electron chi connectivity index (χ2n) is 8.66. The molecule has 3 aromatic rings. The average Bonchev–Trinajstić information content (AvgIpc) is 2.91. The van der Waals surface area contributed by atoms with Crippen LogP contribution in [0, 0.1) is 5.92 Å². The summed E-state index contributed by atoms with van der Waals surface area (Å²) in [5.74, 6) is -0.596. The summed E-state index contributed by atoms with van der Waals surface area (Å²) in [5, 5.41) is 5.94. The number of piperidine rings is 1. The topological polar surface area (TPSA) is 78.5 Å². The molecular formula is C28H28BrN3O3. The highest BCUT2D eigenvalue weighted by Gasteiger charge is 2.34. The Kier molecular flexibility index (Phi) is 8.32. The molecule has 1 aliphatic heterocycles. The number of carbonyl (C=O) groups excluding carboxylic acids is 3. The van der Waals surface area contributed by atoms with Crippen molar-refractivity contribution in [2.24, 2.45) is 5.92 Å². The lowest BCUT2D eigenvalue weighted by Gasteiger charge is -2.36. The zero-order valence-corrected chi connectivity index (χ0v) is 20.9. The van der Waals surface area contributed by atoms with Gasteiger partial charge in [0.2, 0.25) is 5.91 Å². The molecule has 0 aromatic heterocycles. The van der Waals surface area contributed by atoms with Gasteiger partial charge in [-0.2, -0.15) is 0 Å². The van der Waals surface area contributed by atoms with Crippen LogP contribution < -0.4 is 10.6 Å². The number of rotatable bonds is 7. The Balaban J connectivity index is 1.44. The van der Waals surface area contributed by atoms with E-state index >= 15 is 0 Å². The maximum absolute atomic E-state index is 13.2. The summed E-state index contributed by atoms with van der Waals surface area (Å²) in [6.07, 6.45) is 1.25. The summed E-state index contributed by atoms with van der Waals surface area (Å²) in [4.78, 5) is 40.9. The maximum atomic E-state index is 13.2. The van der Waals surface area contributed by atoms with Gasteiger partial charge in [-0.1, -0.05) is 70.5 Å². The van der Waals surface area contributed by atoms with Gasteiger partial charge in [0.15, 0.2) is 0 Å². The van der Waals surface area contributed by atoms with Crippen molar-refractivity contribution in [3.8, 4) is 0 Å². The van der Waals surface area contributed by atoms with Gasteiger partial charge in [-0.25, -0.2) is 0 Å². The van der Waals surface area contributed by atoms with Gasteiger partial charge in [-0.3, -0.25) is 14.4 Å². The fraction of sp³-hybridized carbons (Fsp3) is 0.250. The standard InChI is InChI=1S/C28H28BrN3O3/c29-24-13-7-12-23(18-24)28(35)32-16-14-21(15-17-32)25(31-26(33)22-10-5-2-6-11-22)27(34)30-19-20-8-3-1-4-9-20/h1-13,18,21,25H,14-17,19H2,(H,30,34)(H,31,33)/t25-/m1/s1. The fourth-order valence-corrected chi connectivity index (χ4v) is 4.75. The van der Waals surface area contributed by atoms with E-state index in [1.165, 1.54) is 0 Å². The number of benzene rings is 3. The van der Waals surface area contributed by atoms with Gasteiger partial charge < -0.3 is 15.5 Å². The molecule has 180 valence electrons. The Labute approximate surface area is 213 Å². The molecule has 0 radical (unpaired) electrons. The van der Waals surface area contributed by atoms with Crippen LogP contribution in [0.5, 0.6) is 0 Å². The van der Waals surface area contributed by atoms with Crippen LogP contribution in [0.3, 0.4) is 0 Å². The molecule has 0 unspecified atom stereocenters. The zero-order chi connectivity index (χ0) is 24.6. The molecule has 1 atom stereocenters. The highest BCUT2D eigenvalue weighted by Crippen LogP contribution is 2.24. The first kappa shape index (κ1) is 24.7. The molecule has 1 saturated heterocycles. The predicted octanol–water partition coefficient (Wildman–Crippen LogP) is 4.42. The first-order valence-corrected chi connectivity index (χ1v) is 12.5. The van der Waals surface area contributed by atoms with Crippen molar-refractivity contribution in [2.75, 3.05) is 13.1 Å². The molecule has 3 amide bonds. The number of nitrogens with one attached hydrogen (secondary N) is 2. The van der Waals surface area contributed by atoms with Crippen LogP contribution in [0.25, 0.3) is 0 Å². The Hall–Kier alpha value is -3.45. The Bertz CT molecular complexity index is 1160. The van der Waals surface area contributed by atoms with Crippen LogP contribution in [0.2, 0.25) is 0 Å². The minimum atomic E-state index is -0.686. The van der Waals surface area contributed by atoms with Crippen LogP contribution in [0.15, 0.2) is 89.4 Å². The van der Waals surface area contributed by atoms with E-state index in [0.717, 1.165) is 10.0 Å². The normalized spacial score (nSPS) is 14.7. The fourth-order valence-electron chi connectivity index (χ4n) is 4.35. The molecule has 3 aromatic carbocycles. The van der Waals surface area contributed by atoms with Gasteiger partial charge in [0, 0.05) is 35.2 Å². The Morgan fingerprint density at radius 3 is 2.14 bits per heavy atom. The SMILES string of the molecule is O=C(N[C@@H](C(=O)NCc1ccccc1)C1CCN(C(=O)c2cccc(Br)c2)CC1)c1ccccc1. The molecule has 35 heavy (non-hydrogen) atoms. The number of nitrogens with zero attached hydrogens (tertiary/aromatic N) is 1. The summed E-state index contributed by atoms with van der Waals surface area (Å²) in [6.45, 7) is 1.44. The number of carbonyl (C=O) groups is 3. The maximum Gasteiger partial charge on any atom is 0.253 e. The number of hydrogen-bond acceptors (Lipinski definition) is 3. The molecule has 0 aliphatic carbocycles. The van der Waals surface area contributed by atoms with Gasteiger partial charge in [0.1, 0.15) is 6.04 Å². The lowest BCUT2D eigenvalue weighted by molar-refractivity contribution is -0.124. The minimum Gasteiger partial charge on any atom is -0.350 e. The molecule has 1 heterocycles. The van der Waals surface area contributed by atoms with Crippen molar-refractivity contribution in [2.45, 2.75) is 25.4 Å². The van der Waals surface area contributed by atoms with Crippen LogP contribution in [-0.4, -0.2) is 41.8 Å². The molecule has 6 nitrogen and oxygen atoms in total. The zero-order valence-electron chi connectivity index (χ0n) is 19.3. The summed E-state index contributed by atoms with van der Waals surface area (Å²) in [5.41, 5.74) is 2.13. The average molecular weight is 534 g/mol. The number of likely N-dealkylation sites (tertiary alicyclic amines) is 1. The molecule has 1 aliphatic rings. The van der Waals surface area contributed by atoms with E-state index in [-0.39, 0.29) is 23.6 Å².